The number of hydrogen-bond donors (Lipinski definition) is 0. The molecule has 0 saturated carbocycles. The first-order valence-corrected chi connectivity index (χ1v) is 4.73. The fourth-order valence-corrected chi connectivity index (χ4v) is 1.70. The number of rotatable bonds is 2. The number of nitrogens with zero attached hydrogens (tertiary/aromatic N) is 1. The number of likely N-dealkylation sites (tertiary alicyclic amines) is 1. The van der Waals surface area contributed by atoms with Crippen molar-refractivity contribution >= 4 is 7.85 Å². The summed E-state index contributed by atoms with van der Waals surface area (Å²) in [5.74, 6) is 0.428. The van der Waals surface area contributed by atoms with Crippen LogP contribution in [-0.4, -0.2) is 31.9 Å². The van der Waals surface area contributed by atoms with Gasteiger partial charge in [-0.3, -0.25) is 0 Å². The Morgan fingerprint density at radius 1 is 1.64 bits per heavy atom. The molecule has 62 valence electrons. The fraction of sp³-hybridized carbons (Fsp3) is 1.00. The standard InChI is InChI=1S/C9H18BN/c1-3-8(2)11-6-4-5-9(10)7-11/h8-9H,3-7H2,1-2H3. The second-order valence-corrected chi connectivity index (χ2v) is 3.65. The summed E-state index contributed by atoms with van der Waals surface area (Å²) in [6, 6.07) is 0.723. The fourth-order valence-electron chi connectivity index (χ4n) is 1.70. The third-order valence-corrected chi connectivity index (χ3v) is 2.70. The van der Waals surface area contributed by atoms with Crippen molar-refractivity contribution in [2.75, 3.05) is 13.1 Å². The first-order chi connectivity index (χ1) is 5.24. The quantitative estimate of drug-likeness (QED) is 0.544. The van der Waals surface area contributed by atoms with Gasteiger partial charge in [-0.25, -0.2) is 0 Å². The predicted octanol–water partition coefficient (Wildman–Crippen LogP) is 1.84. The zero-order valence-electron chi connectivity index (χ0n) is 7.71. The normalized spacial score (nSPS) is 30.2. The molecule has 0 aromatic carbocycles. The molecule has 0 spiro atoms. The van der Waals surface area contributed by atoms with E-state index in [4.69, 9.17) is 7.85 Å². The third kappa shape index (κ3) is 2.51. The molecule has 11 heavy (non-hydrogen) atoms. The van der Waals surface area contributed by atoms with Crippen molar-refractivity contribution in [1.82, 2.24) is 4.90 Å². The summed E-state index contributed by atoms with van der Waals surface area (Å²) in [4.78, 5) is 2.51. The van der Waals surface area contributed by atoms with Crippen molar-refractivity contribution in [3.05, 3.63) is 0 Å². The Kier molecular flexibility index (Phi) is 3.44. The third-order valence-electron chi connectivity index (χ3n) is 2.70. The maximum atomic E-state index is 5.88. The van der Waals surface area contributed by atoms with Crippen LogP contribution in [-0.2, 0) is 0 Å². The molecule has 0 N–H and O–H groups in total. The molecule has 2 radical (unpaired) electrons. The van der Waals surface area contributed by atoms with Crippen molar-refractivity contribution in [1.29, 1.82) is 0 Å². The van der Waals surface area contributed by atoms with Crippen LogP contribution in [0, 0.1) is 0 Å². The maximum Gasteiger partial charge on any atom is 0.0716 e. The minimum absolute atomic E-state index is 0.428. The maximum absolute atomic E-state index is 5.88. The van der Waals surface area contributed by atoms with Gasteiger partial charge in [-0.2, -0.15) is 0 Å². The van der Waals surface area contributed by atoms with Crippen molar-refractivity contribution in [2.45, 2.75) is 45.0 Å². The van der Waals surface area contributed by atoms with Gasteiger partial charge in [0.2, 0.25) is 0 Å². The van der Waals surface area contributed by atoms with E-state index in [0.717, 1.165) is 12.6 Å². The Balaban J connectivity index is 2.33. The second kappa shape index (κ2) is 4.15. The van der Waals surface area contributed by atoms with Gasteiger partial charge in [0.1, 0.15) is 0 Å². The summed E-state index contributed by atoms with van der Waals surface area (Å²) in [7, 11) is 5.88. The van der Waals surface area contributed by atoms with Crippen LogP contribution in [0.1, 0.15) is 33.1 Å². The highest BCUT2D eigenvalue weighted by molar-refractivity contribution is 6.11. The average molecular weight is 151 g/mol. The zero-order valence-corrected chi connectivity index (χ0v) is 7.71. The lowest BCUT2D eigenvalue weighted by Crippen LogP contribution is -2.39. The predicted molar refractivity (Wildman–Crippen MR) is 50.1 cm³/mol. The molecule has 1 saturated heterocycles. The van der Waals surface area contributed by atoms with E-state index in [1.54, 1.807) is 0 Å². The Morgan fingerprint density at radius 3 is 2.91 bits per heavy atom. The summed E-state index contributed by atoms with van der Waals surface area (Å²) in [5.41, 5.74) is 0. The molecule has 2 atom stereocenters. The molecule has 2 unspecified atom stereocenters. The van der Waals surface area contributed by atoms with Crippen molar-refractivity contribution < 1.29 is 0 Å². The Labute approximate surface area is 71.6 Å². The van der Waals surface area contributed by atoms with E-state index in [0.29, 0.717) is 5.82 Å². The molecule has 1 aliphatic rings. The van der Waals surface area contributed by atoms with Gasteiger partial charge in [-0.15, -0.1) is 0 Å². The van der Waals surface area contributed by atoms with Crippen LogP contribution in [0.5, 0.6) is 0 Å². The molecular weight excluding hydrogens is 133 g/mol. The van der Waals surface area contributed by atoms with E-state index >= 15 is 0 Å². The van der Waals surface area contributed by atoms with Gasteiger partial charge in [-0.1, -0.05) is 19.2 Å². The lowest BCUT2D eigenvalue weighted by Gasteiger charge is -2.35. The number of piperidine rings is 1. The summed E-state index contributed by atoms with van der Waals surface area (Å²) >= 11 is 0. The molecule has 0 aliphatic carbocycles. The Hall–Kier alpha value is 0.0249. The monoisotopic (exact) mass is 151 g/mol. The lowest BCUT2D eigenvalue weighted by atomic mass is 9.80. The van der Waals surface area contributed by atoms with Crippen LogP contribution in [0.25, 0.3) is 0 Å². The highest BCUT2D eigenvalue weighted by Crippen LogP contribution is 2.20. The van der Waals surface area contributed by atoms with Gasteiger partial charge >= 0.3 is 0 Å². The smallest absolute Gasteiger partial charge is 0.0716 e. The van der Waals surface area contributed by atoms with Gasteiger partial charge in [0.15, 0.2) is 0 Å². The van der Waals surface area contributed by atoms with E-state index in [2.05, 4.69) is 18.7 Å². The number of hydrogen-bond acceptors (Lipinski definition) is 1. The largest absolute Gasteiger partial charge is 0.301 e. The molecule has 1 rings (SSSR count). The topological polar surface area (TPSA) is 3.24 Å². The summed E-state index contributed by atoms with van der Waals surface area (Å²) in [6.45, 7) is 6.89. The van der Waals surface area contributed by atoms with E-state index in [1.165, 1.54) is 25.8 Å². The molecule has 1 fully saturated rings. The van der Waals surface area contributed by atoms with Crippen molar-refractivity contribution in [3.63, 3.8) is 0 Å². The molecule has 0 aromatic rings. The molecule has 0 aromatic heterocycles. The van der Waals surface area contributed by atoms with E-state index in [1.807, 2.05) is 0 Å². The van der Waals surface area contributed by atoms with Crippen LogP contribution in [0.4, 0.5) is 0 Å². The zero-order chi connectivity index (χ0) is 8.27. The Bertz CT molecular complexity index is 116. The molecule has 0 bridgehead atoms. The van der Waals surface area contributed by atoms with Crippen molar-refractivity contribution in [2.24, 2.45) is 0 Å². The van der Waals surface area contributed by atoms with E-state index in [9.17, 15) is 0 Å². The molecule has 2 heteroatoms. The summed E-state index contributed by atoms with van der Waals surface area (Å²) in [5, 5.41) is 0. The second-order valence-electron chi connectivity index (χ2n) is 3.65. The minimum Gasteiger partial charge on any atom is -0.301 e. The highest BCUT2D eigenvalue weighted by Gasteiger charge is 2.18. The van der Waals surface area contributed by atoms with Gasteiger partial charge in [-0.05, 0) is 32.9 Å². The molecule has 1 nitrogen and oxygen atoms in total. The summed E-state index contributed by atoms with van der Waals surface area (Å²) in [6.07, 6.45) is 3.74. The molecule has 0 amide bonds. The average Bonchev–Trinajstić information content (AvgIpc) is 2.03. The summed E-state index contributed by atoms with van der Waals surface area (Å²) < 4.78 is 0. The van der Waals surface area contributed by atoms with Gasteiger partial charge in [0, 0.05) is 6.04 Å². The molecule has 1 heterocycles. The van der Waals surface area contributed by atoms with Crippen LogP contribution < -0.4 is 0 Å². The lowest BCUT2D eigenvalue weighted by molar-refractivity contribution is 0.171. The van der Waals surface area contributed by atoms with Gasteiger partial charge in [0.05, 0.1) is 7.85 Å². The van der Waals surface area contributed by atoms with Crippen LogP contribution in [0.2, 0.25) is 5.82 Å². The van der Waals surface area contributed by atoms with Crippen LogP contribution >= 0.6 is 0 Å². The minimum atomic E-state index is 0.428. The van der Waals surface area contributed by atoms with Gasteiger partial charge in [0.25, 0.3) is 0 Å². The first-order valence-electron chi connectivity index (χ1n) is 4.73. The van der Waals surface area contributed by atoms with E-state index < -0.39 is 0 Å². The van der Waals surface area contributed by atoms with Gasteiger partial charge < -0.3 is 4.90 Å². The van der Waals surface area contributed by atoms with Crippen LogP contribution in [0.3, 0.4) is 0 Å². The van der Waals surface area contributed by atoms with Crippen molar-refractivity contribution in [3.8, 4) is 0 Å². The molecular formula is C9H18BN. The Morgan fingerprint density at radius 2 is 2.36 bits per heavy atom. The highest BCUT2D eigenvalue weighted by atomic mass is 15.2. The van der Waals surface area contributed by atoms with E-state index in [-0.39, 0.29) is 0 Å². The SMILES string of the molecule is [B]C1CCCN(C(C)CC)C1. The first kappa shape index (κ1) is 9.12. The molecule has 1 aliphatic heterocycles. The van der Waals surface area contributed by atoms with Crippen LogP contribution in [0.15, 0.2) is 0 Å².